The van der Waals surface area contributed by atoms with Gasteiger partial charge in [0.2, 0.25) is 0 Å². The maximum atomic E-state index is 12.9. The second-order valence-electron chi connectivity index (χ2n) is 6.64. The number of nitriles is 1. The lowest BCUT2D eigenvalue weighted by Crippen LogP contribution is -2.42. The lowest BCUT2D eigenvalue weighted by Gasteiger charge is -2.35. The number of hydrogen-bond donors (Lipinski definition) is 1. The van der Waals surface area contributed by atoms with Crippen molar-refractivity contribution in [1.82, 2.24) is 14.5 Å². The minimum absolute atomic E-state index is 0.0301. The zero-order chi connectivity index (χ0) is 18.0. The highest BCUT2D eigenvalue weighted by molar-refractivity contribution is 5.95. The molecule has 0 radical (unpaired) electrons. The second kappa shape index (κ2) is 7.08. The molecule has 1 amide bonds. The minimum atomic E-state index is -0.683. The van der Waals surface area contributed by atoms with Gasteiger partial charge in [0.15, 0.2) is 0 Å². The summed E-state index contributed by atoms with van der Waals surface area (Å²) in [5, 5.41) is 19.6. The first kappa shape index (κ1) is 17.2. The van der Waals surface area contributed by atoms with Gasteiger partial charge in [0.25, 0.3) is 5.91 Å². The highest BCUT2D eigenvalue weighted by Crippen LogP contribution is 2.29. The van der Waals surface area contributed by atoms with Gasteiger partial charge in [-0.2, -0.15) is 5.26 Å². The van der Waals surface area contributed by atoms with Gasteiger partial charge < -0.3 is 14.6 Å². The zero-order valence-corrected chi connectivity index (χ0v) is 14.5. The summed E-state index contributed by atoms with van der Waals surface area (Å²) in [6, 6.07) is 7.21. The Bertz CT molecular complexity index is 821. The van der Waals surface area contributed by atoms with Gasteiger partial charge in [-0.3, -0.25) is 4.79 Å². The van der Waals surface area contributed by atoms with Crippen molar-refractivity contribution in [3.05, 3.63) is 53.1 Å². The molecule has 2 aromatic rings. The molecule has 0 saturated carbocycles. The van der Waals surface area contributed by atoms with Gasteiger partial charge >= 0.3 is 0 Å². The van der Waals surface area contributed by atoms with Gasteiger partial charge in [-0.05, 0) is 43.5 Å². The number of nitrogens with zero attached hydrogens (tertiary/aromatic N) is 4. The highest BCUT2D eigenvalue weighted by Gasteiger charge is 2.31. The molecule has 0 bridgehead atoms. The van der Waals surface area contributed by atoms with Crippen LogP contribution in [0.4, 0.5) is 0 Å². The molecule has 6 nitrogen and oxygen atoms in total. The van der Waals surface area contributed by atoms with Crippen LogP contribution >= 0.6 is 0 Å². The molecule has 130 valence electrons. The summed E-state index contributed by atoms with van der Waals surface area (Å²) in [7, 11) is 1.86. The summed E-state index contributed by atoms with van der Waals surface area (Å²) in [4.78, 5) is 18.9. The Morgan fingerprint density at radius 2 is 2.28 bits per heavy atom. The molecular formula is C19H22N4O2. The van der Waals surface area contributed by atoms with E-state index in [-0.39, 0.29) is 11.8 Å². The number of aromatic nitrogens is 2. The van der Waals surface area contributed by atoms with Crippen LogP contribution in [-0.2, 0) is 7.05 Å². The summed E-state index contributed by atoms with van der Waals surface area (Å²) < 4.78 is 1.82. The van der Waals surface area contributed by atoms with Crippen molar-refractivity contribution < 1.29 is 9.90 Å². The summed E-state index contributed by atoms with van der Waals surface area (Å²) in [6.07, 6.45) is 4.52. The largest absolute Gasteiger partial charge is 0.385 e. The van der Waals surface area contributed by atoms with Crippen molar-refractivity contribution in [2.24, 2.45) is 13.0 Å². The van der Waals surface area contributed by atoms with Gasteiger partial charge in [0.1, 0.15) is 11.9 Å². The number of amides is 1. The molecule has 2 heterocycles. The Morgan fingerprint density at radius 1 is 1.48 bits per heavy atom. The van der Waals surface area contributed by atoms with Crippen LogP contribution in [0.25, 0.3) is 0 Å². The van der Waals surface area contributed by atoms with Crippen molar-refractivity contribution in [2.75, 3.05) is 13.1 Å². The predicted octanol–water partition coefficient (Wildman–Crippen LogP) is 2.19. The van der Waals surface area contributed by atoms with Crippen LogP contribution in [0, 0.1) is 24.2 Å². The van der Waals surface area contributed by atoms with E-state index in [2.05, 4.69) is 11.1 Å². The first-order valence-corrected chi connectivity index (χ1v) is 8.46. The molecule has 3 rings (SSSR count). The molecule has 1 aliphatic rings. The van der Waals surface area contributed by atoms with Crippen LogP contribution in [0.5, 0.6) is 0 Å². The van der Waals surface area contributed by atoms with Gasteiger partial charge in [-0.1, -0.05) is 0 Å². The van der Waals surface area contributed by atoms with E-state index in [1.54, 1.807) is 29.3 Å². The normalized spacial score (nSPS) is 18.6. The van der Waals surface area contributed by atoms with Crippen LogP contribution in [-0.4, -0.2) is 38.6 Å². The van der Waals surface area contributed by atoms with E-state index in [1.165, 1.54) is 0 Å². The fourth-order valence-electron chi connectivity index (χ4n) is 3.47. The molecular weight excluding hydrogens is 316 g/mol. The third-order valence-corrected chi connectivity index (χ3v) is 4.90. The van der Waals surface area contributed by atoms with Gasteiger partial charge in [-0.15, -0.1) is 0 Å². The van der Waals surface area contributed by atoms with Crippen LogP contribution in [0.3, 0.4) is 0 Å². The smallest absolute Gasteiger partial charge is 0.254 e. The molecule has 2 unspecified atom stereocenters. The molecule has 2 atom stereocenters. The number of likely N-dealkylation sites (tertiary alicyclic amines) is 1. The predicted molar refractivity (Wildman–Crippen MR) is 92.7 cm³/mol. The van der Waals surface area contributed by atoms with Crippen LogP contribution < -0.4 is 0 Å². The van der Waals surface area contributed by atoms with Crippen molar-refractivity contribution in [3.8, 4) is 6.07 Å². The zero-order valence-electron chi connectivity index (χ0n) is 14.5. The molecule has 1 aliphatic heterocycles. The highest BCUT2D eigenvalue weighted by atomic mass is 16.3. The fourth-order valence-corrected chi connectivity index (χ4v) is 3.47. The minimum Gasteiger partial charge on any atom is -0.385 e. The number of piperidine rings is 1. The molecule has 6 heteroatoms. The van der Waals surface area contributed by atoms with Gasteiger partial charge in [0.05, 0.1) is 11.6 Å². The van der Waals surface area contributed by atoms with E-state index < -0.39 is 6.10 Å². The average Bonchev–Trinajstić information content (AvgIpc) is 3.06. The number of imidazole rings is 1. The van der Waals surface area contributed by atoms with Crippen molar-refractivity contribution in [2.45, 2.75) is 25.9 Å². The van der Waals surface area contributed by atoms with Crippen LogP contribution in [0.15, 0.2) is 30.6 Å². The molecule has 0 aliphatic carbocycles. The number of aliphatic hydroxyl groups is 1. The topological polar surface area (TPSA) is 82.2 Å². The maximum absolute atomic E-state index is 12.9. The summed E-state index contributed by atoms with van der Waals surface area (Å²) in [5.74, 6) is 0.560. The van der Waals surface area contributed by atoms with E-state index >= 15 is 0 Å². The number of aliphatic hydroxyl groups excluding tert-OH is 1. The van der Waals surface area contributed by atoms with Crippen molar-refractivity contribution in [1.29, 1.82) is 5.26 Å². The third-order valence-electron chi connectivity index (χ3n) is 4.90. The molecule has 1 aromatic carbocycles. The van der Waals surface area contributed by atoms with Gasteiger partial charge in [0, 0.05) is 44.0 Å². The Kier molecular flexibility index (Phi) is 4.86. The van der Waals surface area contributed by atoms with Crippen LogP contribution in [0.2, 0.25) is 0 Å². The van der Waals surface area contributed by atoms with Crippen molar-refractivity contribution in [3.63, 3.8) is 0 Å². The summed E-state index contributed by atoms with van der Waals surface area (Å²) in [5.41, 5.74) is 1.97. The fraction of sp³-hybridized carbons (Fsp3) is 0.421. The first-order chi connectivity index (χ1) is 12.0. The molecule has 1 aromatic heterocycles. The Hall–Kier alpha value is -2.65. The van der Waals surface area contributed by atoms with E-state index in [1.807, 2.05) is 24.7 Å². The number of hydrogen-bond acceptors (Lipinski definition) is 4. The summed E-state index contributed by atoms with van der Waals surface area (Å²) >= 11 is 0. The third kappa shape index (κ3) is 3.42. The molecule has 1 saturated heterocycles. The molecule has 1 fully saturated rings. The Labute approximate surface area is 147 Å². The lowest BCUT2D eigenvalue weighted by molar-refractivity contribution is 0.0358. The Balaban J connectivity index is 1.76. The molecule has 25 heavy (non-hydrogen) atoms. The quantitative estimate of drug-likeness (QED) is 0.930. The van der Waals surface area contributed by atoms with E-state index in [0.717, 1.165) is 18.4 Å². The second-order valence-corrected chi connectivity index (χ2v) is 6.64. The number of benzene rings is 1. The first-order valence-electron chi connectivity index (χ1n) is 8.46. The van der Waals surface area contributed by atoms with Crippen molar-refractivity contribution >= 4 is 5.91 Å². The SMILES string of the molecule is Cc1cc(C#N)ccc1C(=O)N1CCCC(C(O)c2nccn2C)C1. The van der Waals surface area contributed by atoms with E-state index in [4.69, 9.17) is 5.26 Å². The molecule has 0 spiro atoms. The maximum Gasteiger partial charge on any atom is 0.254 e. The number of carbonyl (C=O) groups is 1. The lowest BCUT2D eigenvalue weighted by atomic mass is 9.91. The monoisotopic (exact) mass is 338 g/mol. The van der Waals surface area contributed by atoms with E-state index in [0.29, 0.717) is 30.0 Å². The van der Waals surface area contributed by atoms with Gasteiger partial charge in [-0.25, -0.2) is 4.98 Å². The number of carbonyl (C=O) groups excluding carboxylic acids is 1. The number of rotatable bonds is 3. The summed E-state index contributed by atoms with van der Waals surface area (Å²) in [6.45, 7) is 3.03. The Morgan fingerprint density at radius 3 is 2.92 bits per heavy atom. The number of aryl methyl sites for hydroxylation is 2. The molecule has 1 N–H and O–H groups in total. The standard InChI is InChI=1S/C19H22N4O2/c1-13-10-14(11-20)5-6-16(13)19(25)23-8-3-4-15(12-23)17(24)18-21-7-9-22(18)2/h5-7,9-10,15,17,24H,3-4,8,12H2,1-2H3. The van der Waals surface area contributed by atoms with E-state index in [9.17, 15) is 9.90 Å². The van der Waals surface area contributed by atoms with Crippen LogP contribution in [0.1, 0.15) is 46.3 Å². The average molecular weight is 338 g/mol.